The summed E-state index contributed by atoms with van der Waals surface area (Å²) in [5.74, 6) is 10.0. The van der Waals surface area contributed by atoms with E-state index >= 15 is 0 Å². The van der Waals surface area contributed by atoms with Crippen molar-refractivity contribution in [2.75, 3.05) is 135 Å². The number of halogens is 1. The molecule has 12 N–H and O–H groups in total. The van der Waals surface area contributed by atoms with Crippen molar-refractivity contribution >= 4 is 142 Å². The molecule has 106 heavy (non-hydrogen) atoms. The van der Waals surface area contributed by atoms with Crippen LogP contribution in [-0.2, 0) is 49.6 Å². The normalized spacial score (nSPS) is 11.8. The number of hydrogen-bond donors (Lipinski definition) is 10. The van der Waals surface area contributed by atoms with Gasteiger partial charge in [0.05, 0.1) is 129 Å². The van der Waals surface area contributed by atoms with E-state index in [0.29, 0.717) is 96.2 Å². The van der Waals surface area contributed by atoms with Gasteiger partial charge in [-0.25, -0.2) is 69.9 Å². The molecule has 0 aliphatic carbocycles. The maximum absolute atomic E-state index is 11.3. The molecule has 9 rings (SSSR count). The molecule has 36 heteroatoms. The van der Waals surface area contributed by atoms with Crippen LogP contribution in [0.5, 0.6) is 23.0 Å². The zero-order valence-corrected chi connectivity index (χ0v) is 65.4. The van der Waals surface area contributed by atoms with Crippen molar-refractivity contribution in [3.05, 3.63) is 137 Å². The second-order valence-corrected chi connectivity index (χ2v) is 31.2. The fourth-order valence-corrected chi connectivity index (χ4v) is 13.2. The topological polar surface area (TPSA) is 400 Å². The third-order valence-corrected chi connectivity index (χ3v) is 19.3. The van der Waals surface area contributed by atoms with Crippen molar-refractivity contribution in [2.45, 2.75) is 57.8 Å². The smallest absolute Gasteiger partial charge is 0.274 e. The summed E-state index contributed by atoms with van der Waals surface area (Å²) < 4.78 is 118. The number of fused-ring (bicyclic) bond motifs is 4. The van der Waals surface area contributed by atoms with E-state index in [0.717, 1.165) is 117 Å². The van der Waals surface area contributed by atoms with E-state index in [2.05, 4.69) is 131 Å². The predicted molar refractivity (Wildman–Crippen MR) is 428 cm³/mol. The molecule has 0 spiro atoms. The number of hydrogen-bond acceptors (Lipinski definition) is 22. The van der Waals surface area contributed by atoms with Gasteiger partial charge in [0.1, 0.15) is 12.1 Å². The van der Waals surface area contributed by atoms with E-state index in [1.54, 1.807) is 77.0 Å². The number of benzene rings is 4. The Balaban J connectivity index is 0.000000253. The van der Waals surface area contributed by atoms with Crippen LogP contribution < -0.4 is 64.1 Å². The van der Waals surface area contributed by atoms with Crippen LogP contribution in [0.1, 0.15) is 54.4 Å². The molecule has 572 valence electrons. The van der Waals surface area contributed by atoms with Crippen LogP contribution in [0.3, 0.4) is 0 Å². The zero-order chi connectivity index (χ0) is 76.7. The van der Waals surface area contributed by atoms with Gasteiger partial charge >= 0.3 is 0 Å². The van der Waals surface area contributed by atoms with Gasteiger partial charge in [0, 0.05) is 115 Å². The second kappa shape index (κ2) is 43.0. The number of aromatic nitrogens is 6. The van der Waals surface area contributed by atoms with Crippen LogP contribution in [0.4, 0.5) is 28.6 Å². The van der Waals surface area contributed by atoms with E-state index in [9.17, 15) is 29.5 Å². The number of ether oxygens (including phenoxy) is 6. The minimum Gasteiger partial charge on any atom is -0.493 e. The van der Waals surface area contributed by atoms with Crippen molar-refractivity contribution in [3.63, 3.8) is 0 Å². The maximum Gasteiger partial charge on any atom is 0.274 e. The van der Waals surface area contributed by atoms with E-state index in [4.69, 9.17) is 58.3 Å². The lowest BCUT2D eigenvalue weighted by atomic mass is 10.0. The highest BCUT2D eigenvalue weighted by Crippen LogP contribution is 2.41. The van der Waals surface area contributed by atoms with Gasteiger partial charge in [0.15, 0.2) is 23.0 Å². The number of nitrogens with zero attached hydrogens (tertiary/aromatic N) is 7. The Morgan fingerprint density at radius 3 is 1.54 bits per heavy atom. The summed E-state index contributed by atoms with van der Waals surface area (Å²) in [5.41, 5.74) is 12.0. The molecule has 0 aliphatic heterocycles. The number of methoxy groups -OCH3 is 4. The first-order chi connectivity index (χ1) is 50.0. The Labute approximate surface area is 631 Å². The number of rotatable bonds is 36. The number of thioether (sulfide) groups is 1. The quantitative estimate of drug-likeness (QED) is 0.00575. The van der Waals surface area contributed by atoms with Gasteiger partial charge in [0.25, 0.3) is 10.2 Å². The standard InChI is InChI=1S/C18H24N6OS.C18H23N3O2S2.2C17H22N4O5S.ClH/c1-13-9-16-17(10-15(13)14-5-8-20-11-14)22-12-23-18(16)21-6-3-4-7-24-26(2,19)25;1-4-15-12-20-17-11-14(3)13(2)10-16(17)18(15)24-9-7-5-6-8-21-25(19,22)23;2*1-18-14-11-20-13-10-16(25-3)15(24-2)9-12(13)17(14)19-5-7-26-8-6-21-27(4,22)23;/h5,8-12,20H,2-4,6-7H2,1H3,(H3,19,24,25)(H,21,22,23);1,10-12,21H,5-9H2,2-3H3,(H2,19,22,23);2*9-11,21H,5-8H2,2-4H3,(H,19,20);1H. The highest BCUT2D eigenvalue weighted by molar-refractivity contribution is 7.99. The summed E-state index contributed by atoms with van der Waals surface area (Å²) in [7, 11) is -6.44. The molecule has 1 atom stereocenters. The SMILES string of the molecule is C#Cc1cnc2cc(C)c(C)cc2c1SCCCCCNS(N)(=O)=O.C=S(N)(=O)NCCCCNc1ncnc2cc(-c3cc[nH]c3)c(C)cc12.Cl.[C-]#[N+]c1cnc2cc(OC)c(OC)cc2c1NCCOCCNS(C)(=O)=O.[C-]#[N+]c1cnc2cc(OC)c(OC)cc2c1NCCOCCNS(C)(=O)=O. The predicted octanol–water partition coefficient (Wildman–Crippen LogP) is 9.09. The lowest BCUT2D eigenvalue weighted by Gasteiger charge is -2.14. The molecule has 1 unspecified atom stereocenters. The highest BCUT2D eigenvalue weighted by Gasteiger charge is 2.18. The molecule has 0 bridgehead atoms. The number of sulfonamides is 2. The van der Waals surface area contributed by atoms with Crippen LogP contribution in [-0.4, -0.2) is 184 Å². The Hall–Kier alpha value is -8.94. The third-order valence-electron chi connectivity index (χ3n) is 15.4. The zero-order valence-electron chi connectivity index (χ0n) is 60.5. The Kier molecular flexibility index (Phi) is 35.6. The summed E-state index contributed by atoms with van der Waals surface area (Å²) in [6, 6.07) is 17.6. The fraction of sp³-hybridized carbons (Fsp3) is 0.371. The van der Waals surface area contributed by atoms with Crippen molar-refractivity contribution in [3.8, 4) is 46.5 Å². The van der Waals surface area contributed by atoms with Gasteiger partial charge in [-0.05, 0) is 128 Å². The molecule has 30 nitrogen and oxygen atoms in total. The summed E-state index contributed by atoms with van der Waals surface area (Å²) >= 11 is 1.73. The van der Waals surface area contributed by atoms with Gasteiger partial charge in [-0.1, -0.05) is 12.3 Å². The van der Waals surface area contributed by atoms with Crippen LogP contribution in [0.25, 0.3) is 64.4 Å². The molecule has 0 amide bonds. The summed E-state index contributed by atoms with van der Waals surface area (Å²) in [6.45, 7) is 25.2. The van der Waals surface area contributed by atoms with E-state index in [1.807, 2.05) is 18.5 Å². The van der Waals surface area contributed by atoms with Crippen molar-refractivity contribution in [1.82, 2.24) is 48.8 Å². The summed E-state index contributed by atoms with van der Waals surface area (Å²) in [4.78, 5) is 33.1. The average Bonchev–Trinajstić information content (AvgIpc) is 0.931. The monoisotopic (exact) mass is 1570 g/mol. The van der Waals surface area contributed by atoms with Gasteiger partial charge < -0.3 is 49.4 Å². The number of unbranched alkanes of at least 4 members (excludes halogenated alkanes) is 3. The van der Waals surface area contributed by atoms with E-state index < -0.39 is 40.1 Å². The lowest BCUT2D eigenvalue weighted by Crippen LogP contribution is -2.31. The molecule has 0 fully saturated rings. The molecule has 5 aromatic heterocycles. The van der Waals surface area contributed by atoms with Gasteiger partial charge in [-0.15, -0.1) is 30.6 Å². The van der Waals surface area contributed by atoms with Gasteiger partial charge in [0.2, 0.25) is 31.4 Å². The number of anilines is 3. The number of H-pyrrole nitrogens is 1. The van der Waals surface area contributed by atoms with Crippen molar-refractivity contribution < 1.29 is 57.9 Å². The van der Waals surface area contributed by atoms with Crippen molar-refractivity contribution in [2.24, 2.45) is 10.3 Å². The molecule has 0 saturated carbocycles. The maximum atomic E-state index is 11.3. The minimum atomic E-state index is -3.59. The number of nitrogens with two attached hydrogens (primary N) is 2. The number of aryl methyl sites for hydroxylation is 3. The molecule has 5 heterocycles. The minimum absolute atomic E-state index is 0. The summed E-state index contributed by atoms with van der Waals surface area (Å²) in [6.07, 6.45) is 22.5. The first kappa shape index (κ1) is 87.7. The molecule has 0 saturated heterocycles. The number of nitrogens with one attached hydrogen (secondary N) is 8. The van der Waals surface area contributed by atoms with E-state index in [-0.39, 0.29) is 38.7 Å². The third kappa shape index (κ3) is 28.4. The largest absolute Gasteiger partial charge is 0.493 e. The second-order valence-electron chi connectivity index (χ2n) is 23.3. The molecular weight excluding hydrogens is 1480 g/mol. The molecule has 9 aromatic rings. The van der Waals surface area contributed by atoms with Gasteiger partial charge in [-0.2, -0.15) is 8.42 Å². The Morgan fingerprint density at radius 1 is 0.557 bits per heavy atom. The first-order valence-corrected chi connectivity index (χ1v) is 40.8. The molecule has 0 radical (unpaired) electrons. The lowest BCUT2D eigenvalue weighted by molar-refractivity contribution is 0.149. The Bertz CT molecular complexity index is 4870. The fourth-order valence-electron chi connectivity index (χ4n) is 10.2. The molecular formula is C70H92ClN17O13S5. The number of terminal acetylenes is 1. The van der Waals surface area contributed by atoms with Gasteiger partial charge in [-0.3, -0.25) is 15.0 Å². The first-order valence-electron chi connectivity index (χ1n) is 32.7. The van der Waals surface area contributed by atoms with Crippen LogP contribution in [0, 0.1) is 46.3 Å². The van der Waals surface area contributed by atoms with Crippen LogP contribution >= 0.6 is 24.2 Å². The highest BCUT2D eigenvalue weighted by atomic mass is 35.5. The average molecular weight is 1580 g/mol. The molecule has 0 aliphatic rings. The van der Waals surface area contributed by atoms with Crippen LogP contribution in [0.15, 0.2) is 96.8 Å². The molecule has 4 aromatic carbocycles. The summed E-state index contributed by atoms with van der Waals surface area (Å²) in [5, 5.41) is 23.5. The van der Waals surface area contributed by atoms with Crippen LogP contribution in [0.2, 0.25) is 0 Å². The van der Waals surface area contributed by atoms with E-state index in [1.165, 1.54) is 29.1 Å². The van der Waals surface area contributed by atoms with Crippen molar-refractivity contribution in [1.29, 1.82) is 0 Å². The Morgan fingerprint density at radius 2 is 1.04 bits per heavy atom. The number of pyridine rings is 3. The number of aromatic amines is 1.